The monoisotopic (exact) mass is 343 g/mol. The number of nitrogen functional groups attached to an aromatic ring is 1. The molecule has 0 radical (unpaired) electrons. The molecule has 2 N–H and O–H groups in total. The van der Waals surface area contributed by atoms with E-state index in [9.17, 15) is 4.39 Å². The average molecular weight is 343 g/mol. The Hall–Kier alpha value is -3.67. The average Bonchev–Trinajstić information content (AvgIpc) is 2.70. The summed E-state index contributed by atoms with van der Waals surface area (Å²) < 4.78 is 13.3. The van der Waals surface area contributed by atoms with Crippen molar-refractivity contribution in [1.29, 1.82) is 0 Å². The quantitative estimate of drug-likeness (QED) is 0.608. The first-order valence-electron chi connectivity index (χ1n) is 7.96. The lowest BCUT2D eigenvalue weighted by Crippen LogP contribution is -2.03. The topological polar surface area (TPSA) is 77.6 Å². The van der Waals surface area contributed by atoms with Crippen LogP contribution in [0.2, 0.25) is 0 Å². The molecule has 0 aliphatic heterocycles. The molecular weight excluding hydrogens is 329 g/mol. The normalized spacial score (nSPS) is 10.7. The zero-order chi connectivity index (χ0) is 17.9. The second kappa shape index (κ2) is 6.68. The van der Waals surface area contributed by atoms with Crippen LogP contribution in [-0.4, -0.2) is 19.9 Å². The summed E-state index contributed by atoms with van der Waals surface area (Å²) in [6.07, 6.45) is 6.73. The molecule has 0 amide bonds. The maximum Gasteiger partial charge on any atom is 0.162 e. The number of hydrogen-bond donors (Lipinski definition) is 1. The Balaban J connectivity index is 1.97. The minimum absolute atomic E-state index is 0.313. The van der Waals surface area contributed by atoms with Gasteiger partial charge in [-0.2, -0.15) is 0 Å². The van der Waals surface area contributed by atoms with E-state index >= 15 is 0 Å². The Labute approximate surface area is 149 Å². The van der Waals surface area contributed by atoms with Gasteiger partial charge < -0.3 is 5.73 Å². The lowest BCUT2D eigenvalue weighted by molar-refractivity contribution is 0.628. The first-order chi connectivity index (χ1) is 12.7. The summed E-state index contributed by atoms with van der Waals surface area (Å²) in [6, 6.07) is 13.5. The Morgan fingerprint density at radius 2 is 1.23 bits per heavy atom. The number of aromatic nitrogens is 4. The lowest BCUT2D eigenvalue weighted by Gasteiger charge is -2.14. The molecule has 1 aromatic carbocycles. The summed E-state index contributed by atoms with van der Waals surface area (Å²) in [4.78, 5) is 17.3. The Kier molecular flexibility index (Phi) is 4.07. The van der Waals surface area contributed by atoms with Crippen LogP contribution in [0.15, 0.2) is 73.3 Å². The number of hydrogen-bond acceptors (Lipinski definition) is 5. The van der Waals surface area contributed by atoms with Gasteiger partial charge in [0.1, 0.15) is 11.6 Å². The number of rotatable bonds is 3. The molecule has 0 saturated carbocycles. The van der Waals surface area contributed by atoms with Crippen LogP contribution in [0.5, 0.6) is 0 Å². The van der Waals surface area contributed by atoms with Crippen LogP contribution in [0.25, 0.3) is 33.8 Å². The van der Waals surface area contributed by atoms with Gasteiger partial charge in [-0.3, -0.25) is 9.97 Å². The van der Waals surface area contributed by atoms with Crippen LogP contribution in [0.1, 0.15) is 0 Å². The van der Waals surface area contributed by atoms with Crippen LogP contribution in [-0.2, 0) is 0 Å². The first kappa shape index (κ1) is 15.8. The van der Waals surface area contributed by atoms with Gasteiger partial charge in [-0.25, -0.2) is 14.4 Å². The van der Waals surface area contributed by atoms with Crippen molar-refractivity contribution in [2.75, 3.05) is 5.73 Å². The van der Waals surface area contributed by atoms with Crippen molar-refractivity contribution in [3.63, 3.8) is 0 Å². The van der Waals surface area contributed by atoms with E-state index in [1.807, 2.05) is 24.3 Å². The summed E-state index contributed by atoms with van der Waals surface area (Å²) in [6.45, 7) is 0. The van der Waals surface area contributed by atoms with E-state index in [1.54, 1.807) is 36.9 Å². The molecule has 0 fully saturated rings. The Morgan fingerprint density at radius 1 is 0.654 bits per heavy atom. The number of anilines is 1. The number of nitrogens with zero attached hydrogens (tertiary/aromatic N) is 4. The minimum Gasteiger partial charge on any atom is -0.383 e. The second-order valence-electron chi connectivity index (χ2n) is 5.63. The SMILES string of the molecule is Nc1nc(-c2ccncc2)nc(-c2ccncc2)c1-c1ccc(F)cc1. The van der Waals surface area contributed by atoms with Crippen molar-refractivity contribution < 1.29 is 4.39 Å². The molecule has 5 nitrogen and oxygen atoms in total. The van der Waals surface area contributed by atoms with Gasteiger partial charge in [-0.1, -0.05) is 12.1 Å². The van der Waals surface area contributed by atoms with E-state index in [0.29, 0.717) is 22.9 Å². The van der Waals surface area contributed by atoms with Crippen molar-refractivity contribution in [2.24, 2.45) is 0 Å². The smallest absolute Gasteiger partial charge is 0.162 e. The van der Waals surface area contributed by atoms with Crippen LogP contribution < -0.4 is 5.73 Å². The largest absolute Gasteiger partial charge is 0.383 e. The van der Waals surface area contributed by atoms with Gasteiger partial charge in [0, 0.05) is 35.9 Å². The molecule has 3 heterocycles. The van der Waals surface area contributed by atoms with E-state index in [4.69, 9.17) is 10.7 Å². The Bertz CT molecular complexity index is 1040. The van der Waals surface area contributed by atoms with Gasteiger partial charge in [-0.05, 0) is 42.0 Å². The van der Waals surface area contributed by atoms with Crippen LogP contribution in [0.3, 0.4) is 0 Å². The van der Waals surface area contributed by atoms with Gasteiger partial charge in [-0.15, -0.1) is 0 Å². The van der Waals surface area contributed by atoms with Crippen LogP contribution in [0.4, 0.5) is 10.2 Å². The molecule has 126 valence electrons. The highest BCUT2D eigenvalue weighted by Gasteiger charge is 2.17. The van der Waals surface area contributed by atoms with Crippen LogP contribution >= 0.6 is 0 Å². The van der Waals surface area contributed by atoms with E-state index in [-0.39, 0.29) is 5.82 Å². The zero-order valence-electron chi connectivity index (χ0n) is 13.7. The third-order valence-electron chi connectivity index (χ3n) is 3.96. The molecule has 0 aliphatic rings. The third kappa shape index (κ3) is 3.00. The van der Waals surface area contributed by atoms with Gasteiger partial charge in [0.15, 0.2) is 5.82 Å². The predicted molar refractivity (Wildman–Crippen MR) is 98.3 cm³/mol. The van der Waals surface area contributed by atoms with Crippen molar-refractivity contribution in [3.05, 3.63) is 79.1 Å². The van der Waals surface area contributed by atoms with Crippen molar-refractivity contribution >= 4 is 5.82 Å². The molecule has 0 bridgehead atoms. The Morgan fingerprint density at radius 3 is 1.85 bits per heavy atom. The van der Waals surface area contributed by atoms with Crippen molar-refractivity contribution in [1.82, 2.24) is 19.9 Å². The molecule has 3 aromatic heterocycles. The minimum atomic E-state index is -0.313. The van der Waals surface area contributed by atoms with Gasteiger partial charge in [0.2, 0.25) is 0 Å². The van der Waals surface area contributed by atoms with E-state index in [0.717, 1.165) is 16.7 Å². The molecule has 4 rings (SSSR count). The molecule has 0 aliphatic carbocycles. The van der Waals surface area contributed by atoms with E-state index in [2.05, 4.69) is 15.0 Å². The number of halogens is 1. The highest BCUT2D eigenvalue weighted by atomic mass is 19.1. The first-order valence-corrected chi connectivity index (χ1v) is 7.96. The van der Waals surface area contributed by atoms with E-state index in [1.165, 1.54) is 12.1 Å². The maximum absolute atomic E-state index is 13.3. The van der Waals surface area contributed by atoms with Gasteiger partial charge in [0.25, 0.3) is 0 Å². The van der Waals surface area contributed by atoms with Crippen molar-refractivity contribution in [2.45, 2.75) is 0 Å². The number of pyridine rings is 2. The zero-order valence-corrected chi connectivity index (χ0v) is 13.7. The number of benzene rings is 1. The number of nitrogens with two attached hydrogens (primary N) is 1. The fourth-order valence-electron chi connectivity index (χ4n) is 2.73. The van der Waals surface area contributed by atoms with Gasteiger partial charge >= 0.3 is 0 Å². The fourth-order valence-corrected chi connectivity index (χ4v) is 2.73. The molecule has 0 saturated heterocycles. The van der Waals surface area contributed by atoms with Crippen molar-refractivity contribution in [3.8, 4) is 33.8 Å². The summed E-state index contributed by atoms with van der Waals surface area (Å²) >= 11 is 0. The summed E-state index contributed by atoms with van der Waals surface area (Å²) in [5.41, 5.74) is 10.0. The van der Waals surface area contributed by atoms with Crippen LogP contribution in [0, 0.1) is 5.82 Å². The maximum atomic E-state index is 13.3. The predicted octanol–water partition coefficient (Wildman–Crippen LogP) is 3.99. The summed E-state index contributed by atoms with van der Waals surface area (Å²) in [5.74, 6) is 0.514. The molecular formula is C20H14FN5. The fraction of sp³-hybridized carbons (Fsp3) is 0. The summed E-state index contributed by atoms with van der Waals surface area (Å²) in [5, 5.41) is 0. The molecule has 4 aromatic rings. The molecule has 0 atom stereocenters. The third-order valence-corrected chi connectivity index (χ3v) is 3.96. The highest BCUT2D eigenvalue weighted by molar-refractivity contribution is 5.88. The molecule has 0 spiro atoms. The van der Waals surface area contributed by atoms with E-state index < -0.39 is 0 Å². The summed E-state index contributed by atoms with van der Waals surface area (Å²) in [7, 11) is 0. The lowest BCUT2D eigenvalue weighted by atomic mass is 10.00. The molecule has 26 heavy (non-hydrogen) atoms. The van der Waals surface area contributed by atoms with Gasteiger partial charge in [0.05, 0.1) is 11.3 Å². The molecule has 0 unspecified atom stereocenters. The highest BCUT2D eigenvalue weighted by Crippen LogP contribution is 2.35. The standard InChI is InChI=1S/C20H14FN5/c21-16-3-1-13(2-4-16)17-18(14-5-9-23-10-6-14)25-20(26-19(17)22)15-7-11-24-12-8-15/h1-12H,(H2,22,25,26). The molecule has 6 heteroatoms. The second-order valence-corrected chi connectivity index (χ2v) is 5.63.